The Morgan fingerprint density at radius 3 is 2.60 bits per heavy atom. The van der Waals surface area contributed by atoms with Gasteiger partial charge in [-0.15, -0.1) is 0 Å². The number of nitrogens with zero attached hydrogens (tertiary/aromatic N) is 1. The van der Waals surface area contributed by atoms with Gasteiger partial charge in [-0.2, -0.15) is 5.26 Å². The van der Waals surface area contributed by atoms with Gasteiger partial charge in [-0.25, -0.2) is 0 Å². The summed E-state index contributed by atoms with van der Waals surface area (Å²) in [5.41, 5.74) is 3.91. The van der Waals surface area contributed by atoms with Gasteiger partial charge in [0.15, 0.2) is 0 Å². The molecule has 1 aliphatic heterocycles. The van der Waals surface area contributed by atoms with Crippen LogP contribution in [-0.2, 0) is 4.79 Å². The first-order valence-corrected chi connectivity index (χ1v) is 9.01. The van der Waals surface area contributed by atoms with Gasteiger partial charge in [0, 0.05) is 21.9 Å². The first kappa shape index (κ1) is 17.3. The van der Waals surface area contributed by atoms with Crippen molar-refractivity contribution < 1.29 is 4.79 Å². The van der Waals surface area contributed by atoms with E-state index in [1.807, 2.05) is 24.3 Å². The molecular formula is C21H19N2OS. The van der Waals surface area contributed by atoms with Crippen molar-refractivity contribution in [2.24, 2.45) is 0 Å². The number of hydrogen-bond donors (Lipinski definition) is 1. The molecule has 4 heteroatoms. The fourth-order valence-electron chi connectivity index (χ4n) is 2.91. The monoisotopic (exact) mass is 347 g/mol. The van der Waals surface area contributed by atoms with E-state index in [2.05, 4.69) is 50.4 Å². The van der Waals surface area contributed by atoms with Crippen LogP contribution in [-0.4, -0.2) is 12.5 Å². The summed E-state index contributed by atoms with van der Waals surface area (Å²) < 4.78 is 0. The quantitative estimate of drug-likeness (QED) is 0.558. The topological polar surface area (TPSA) is 52.9 Å². The fraction of sp³-hybridized carbons (Fsp3) is 0.190. The second kappa shape index (κ2) is 7.16. The van der Waals surface area contributed by atoms with Crippen molar-refractivity contribution in [3.8, 4) is 6.07 Å². The maximum absolute atomic E-state index is 12.5. The highest BCUT2D eigenvalue weighted by atomic mass is 32.2. The van der Waals surface area contributed by atoms with Crippen molar-refractivity contribution in [1.29, 1.82) is 5.26 Å². The van der Waals surface area contributed by atoms with Crippen molar-refractivity contribution in [3.05, 3.63) is 71.7 Å². The van der Waals surface area contributed by atoms with E-state index >= 15 is 0 Å². The van der Waals surface area contributed by atoms with Crippen LogP contribution in [0.2, 0.25) is 0 Å². The molecule has 25 heavy (non-hydrogen) atoms. The van der Waals surface area contributed by atoms with Crippen LogP contribution in [0.25, 0.3) is 5.57 Å². The minimum Gasteiger partial charge on any atom is -0.351 e. The molecule has 1 N–H and O–H groups in total. The van der Waals surface area contributed by atoms with Crippen molar-refractivity contribution in [2.75, 3.05) is 6.54 Å². The number of carbonyl (C=O) groups is 1. The second-order valence-electron chi connectivity index (χ2n) is 6.13. The molecule has 0 saturated carbocycles. The fourth-order valence-corrected chi connectivity index (χ4v) is 3.98. The van der Waals surface area contributed by atoms with Crippen LogP contribution >= 0.6 is 11.8 Å². The van der Waals surface area contributed by atoms with E-state index in [1.165, 1.54) is 5.56 Å². The lowest BCUT2D eigenvalue weighted by atomic mass is 9.89. The van der Waals surface area contributed by atoms with Gasteiger partial charge in [0.25, 0.3) is 5.91 Å². The third-order valence-corrected chi connectivity index (χ3v) is 5.34. The summed E-state index contributed by atoms with van der Waals surface area (Å²) in [6.07, 6.45) is 0. The van der Waals surface area contributed by atoms with Crippen LogP contribution in [0.15, 0.2) is 57.8 Å². The number of amides is 1. The van der Waals surface area contributed by atoms with Crippen LogP contribution in [0.3, 0.4) is 0 Å². The Hall–Kier alpha value is -2.51. The predicted molar refractivity (Wildman–Crippen MR) is 101 cm³/mol. The largest absolute Gasteiger partial charge is 0.351 e. The lowest BCUT2D eigenvalue weighted by molar-refractivity contribution is -0.116. The van der Waals surface area contributed by atoms with E-state index in [4.69, 9.17) is 0 Å². The highest BCUT2D eigenvalue weighted by Crippen LogP contribution is 2.47. The predicted octanol–water partition coefficient (Wildman–Crippen LogP) is 4.55. The molecule has 0 aliphatic carbocycles. The van der Waals surface area contributed by atoms with Crippen molar-refractivity contribution in [2.45, 2.75) is 29.6 Å². The average Bonchev–Trinajstić information content (AvgIpc) is 2.61. The Kier molecular flexibility index (Phi) is 4.96. The summed E-state index contributed by atoms with van der Waals surface area (Å²) in [4.78, 5) is 14.6. The highest BCUT2D eigenvalue weighted by Gasteiger charge is 2.27. The summed E-state index contributed by atoms with van der Waals surface area (Å²) in [5.74, 6) is -0.0111. The molecule has 3 nitrogen and oxygen atoms in total. The minimum absolute atomic E-state index is 0.138. The third-order valence-electron chi connectivity index (χ3n) is 4.19. The van der Waals surface area contributed by atoms with Gasteiger partial charge in [-0.3, -0.25) is 4.79 Å². The first-order valence-electron chi connectivity index (χ1n) is 8.20. The number of rotatable bonds is 3. The molecule has 0 atom stereocenters. The number of benzene rings is 2. The van der Waals surface area contributed by atoms with Gasteiger partial charge in [-0.1, -0.05) is 49.9 Å². The smallest absolute Gasteiger partial charge is 0.262 e. The molecular weight excluding hydrogens is 328 g/mol. The van der Waals surface area contributed by atoms with Crippen LogP contribution in [0, 0.1) is 18.3 Å². The minimum atomic E-state index is -0.380. The number of carbonyl (C=O) groups excluding carboxylic acids is 1. The average molecular weight is 347 g/mol. The molecule has 2 aromatic rings. The molecule has 125 valence electrons. The van der Waals surface area contributed by atoms with E-state index in [1.54, 1.807) is 11.8 Å². The molecule has 3 rings (SSSR count). The summed E-state index contributed by atoms with van der Waals surface area (Å²) in [6, 6.07) is 16.3. The molecule has 1 radical (unpaired) electrons. The van der Waals surface area contributed by atoms with Gasteiger partial charge in [-0.05, 0) is 47.7 Å². The summed E-state index contributed by atoms with van der Waals surface area (Å²) in [5, 5.41) is 12.4. The first-order chi connectivity index (χ1) is 12.1. The number of fused-ring (bicyclic) bond motifs is 2. The maximum atomic E-state index is 12.5. The number of nitrogens with one attached hydrogen (secondary N) is 1. The molecule has 0 saturated heterocycles. The second-order valence-corrected chi connectivity index (χ2v) is 7.21. The van der Waals surface area contributed by atoms with Crippen LogP contribution in [0.5, 0.6) is 0 Å². The summed E-state index contributed by atoms with van der Waals surface area (Å²) >= 11 is 1.67. The Labute approximate surface area is 152 Å². The SMILES string of the molecule is [CH2]CNC(=O)/C(C#N)=C1\c2ccccc2Sc2ccc(C(C)C)cc21. The maximum Gasteiger partial charge on any atom is 0.262 e. The molecule has 1 aliphatic rings. The third kappa shape index (κ3) is 3.20. The Bertz CT molecular complexity index is 906. The lowest BCUT2D eigenvalue weighted by Gasteiger charge is -2.24. The molecule has 1 heterocycles. The number of nitriles is 1. The lowest BCUT2D eigenvalue weighted by Crippen LogP contribution is -2.25. The molecule has 0 aromatic heterocycles. The van der Waals surface area contributed by atoms with E-state index < -0.39 is 0 Å². The van der Waals surface area contributed by atoms with Crippen LogP contribution < -0.4 is 5.32 Å². The van der Waals surface area contributed by atoms with Crippen LogP contribution in [0.1, 0.15) is 36.5 Å². The Balaban J connectivity index is 2.32. The number of hydrogen-bond acceptors (Lipinski definition) is 3. The van der Waals surface area contributed by atoms with Gasteiger partial charge < -0.3 is 5.32 Å². The molecule has 0 spiro atoms. The normalized spacial score (nSPS) is 14.4. The molecule has 2 aromatic carbocycles. The van der Waals surface area contributed by atoms with E-state index in [9.17, 15) is 10.1 Å². The standard InChI is InChI=1S/C21H19N2OS/c1-4-23-21(24)17(12-22)20-15-7-5-6-8-18(15)25-19-10-9-14(13(2)3)11-16(19)20/h5-11,13H,1,4H2,2-3H3,(H,23,24)/b20-17+. The molecule has 0 unspecified atom stereocenters. The molecule has 1 amide bonds. The van der Waals surface area contributed by atoms with Gasteiger partial charge in [0.05, 0.1) is 0 Å². The molecule has 0 fully saturated rings. The van der Waals surface area contributed by atoms with Gasteiger partial charge >= 0.3 is 0 Å². The highest BCUT2D eigenvalue weighted by molar-refractivity contribution is 7.99. The van der Waals surface area contributed by atoms with Crippen molar-refractivity contribution in [3.63, 3.8) is 0 Å². The zero-order chi connectivity index (χ0) is 18.0. The van der Waals surface area contributed by atoms with Crippen molar-refractivity contribution in [1.82, 2.24) is 5.32 Å². The Morgan fingerprint density at radius 1 is 1.20 bits per heavy atom. The van der Waals surface area contributed by atoms with E-state index in [0.717, 1.165) is 20.9 Å². The van der Waals surface area contributed by atoms with Gasteiger partial charge in [0.1, 0.15) is 11.6 Å². The van der Waals surface area contributed by atoms with Gasteiger partial charge in [0.2, 0.25) is 0 Å². The zero-order valence-electron chi connectivity index (χ0n) is 14.3. The zero-order valence-corrected chi connectivity index (χ0v) is 15.1. The summed E-state index contributed by atoms with van der Waals surface area (Å²) in [6.45, 7) is 8.16. The Morgan fingerprint density at radius 2 is 1.92 bits per heavy atom. The van der Waals surface area contributed by atoms with Crippen molar-refractivity contribution >= 4 is 23.2 Å². The van der Waals surface area contributed by atoms with E-state index in [0.29, 0.717) is 11.5 Å². The van der Waals surface area contributed by atoms with E-state index in [-0.39, 0.29) is 18.0 Å². The van der Waals surface area contributed by atoms with Crippen LogP contribution in [0.4, 0.5) is 0 Å². The molecule has 0 bridgehead atoms. The summed E-state index contributed by atoms with van der Waals surface area (Å²) in [7, 11) is 0.